The standard InChI is InChI=1S/C16H21N3O2/c1-11(2)19-13(4)16(12(3)18-19)17-15(20)10-21-14-8-6-5-7-9-14/h5-9,11H,10H2,1-4H3,(H,17,20). The molecule has 0 saturated carbocycles. The zero-order valence-corrected chi connectivity index (χ0v) is 12.9. The smallest absolute Gasteiger partial charge is 0.262 e. The number of rotatable bonds is 5. The van der Waals surface area contributed by atoms with Crippen molar-refractivity contribution in [1.82, 2.24) is 9.78 Å². The second-order valence-corrected chi connectivity index (χ2v) is 5.23. The van der Waals surface area contributed by atoms with E-state index in [9.17, 15) is 4.79 Å². The number of anilines is 1. The second kappa shape index (κ2) is 6.43. The van der Waals surface area contributed by atoms with Gasteiger partial charge in [-0.3, -0.25) is 9.48 Å². The van der Waals surface area contributed by atoms with Crippen LogP contribution in [0.3, 0.4) is 0 Å². The van der Waals surface area contributed by atoms with E-state index in [1.165, 1.54) is 0 Å². The van der Waals surface area contributed by atoms with Crippen molar-refractivity contribution in [1.29, 1.82) is 0 Å². The van der Waals surface area contributed by atoms with E-state index < -0.39 is 0 Å². The number of carbonyl (C=O) groups excluding carboxylic acids is 1. The van der Waals surface area contributed by atoms with Gasteiger partial charge in [0.25, 0.3) is 5.91 Å². The van der Waals surface area contributed by atoms with Crippen LogP contribution in [0.2, 0.25) is 0 Å². The second-order valence-electron chi connectivity index (χ2n) is 5.23. The Labute approximate surface area is 124 Å². The van der Waals surface area contributed by atoms with Gasteiger partial charge in [0.15, 0.2) is 6.61 Å². The molecule has 0 bridgehead atoms. The molecule has 0 radical (unpaired) electrons. The normalized spacial score (nSPS) is 10.7. The van der Waals surface area contributed by atoms with Crippen molar-refractivity contribution in [3.05, 3.63) is 41.7 Å². The van der Waals surface area contributed by atoms with Crippen LogP contribution >= 0.6 is 0 Å². The molecule has 5 heteroatoms. The fourth-order valence-electron chi connectivity index (χ4n) is 2.19. The maximum atomic E-state index is 12.0. The number of nitrogens with one attached hydrogen (secondary N) is 1. The van der Waals surface area contributed by atoms with Gasteiger partial charge in [-0.1, -0.05) is 18.2 Å². The van der Waals surface area contributed by atoms with Crippen LogP contribution in [0.5, 0.6) is 5.75 Å². The van der Waals surface area contributed by atoms with Gasteiger partial charge in [-0.2, -0.15) is 5.10 Å². The number of amides is 1. The van der Waals surface area contributed by atoms with E-state index >= 15 is 0 Å². The van der Waals surface area contributed by atoms with Gasteiger partial charge in [0, 0.05) is 6.04 Å². The van der Waals surface area contributed by atoms with Gasteiger partial charge < -0.3 is 10.1 Å². The Morgan fingerprint density at radius 2 is 1.95 bits per heavy atom. The topological polar surface area (TPSA) is 56.2 Å². The fourth-order valence-corrected chi connectivity index (χ4v) is 2.19. The Kier molecular flexibility index (Phi) is 4.62. The van der Waals surface area contributed by atoms with Gasteiger partial charge in [0.05, 0.1) is 17.1 Å². The molecule has 0 saturated heterocycles. The molecule has 1 heterocycles. The number of nitrogens with zero attached hydrogens (tertiary/aromatic N) is 2. The van der Waals surface area contributed by atoms with Crippen LogP contribution < -0.4 is 10.1 Å². The van der Waals surface area contributed by atoms with Crippen LogP contribution in [0.1, 0.15) is 31.3 Å². The Morgan fingerprint density at radius 1 is 1.29 bits per heavy atom. The summed E-state index contributed by atoms with van der Waals surface area (Å²) >= 11 is 0. The molecule has 0 fully saturated rings. The van der Waals surface area contributed by atoms with E-state index in [4.69, 9.17) is 4.74 Å². The molecule has 1 aromatic carbocycles. The van der Waals surface area contributed by atoms with Crippen LogP contribution in [0.4, 0.5) is 5.69 Å². The summed E-state index contributed by atoms with van der Waals surface area (Å²) in [5.74, 6) is 0.493. The average molecular weight is 287 g/mol. The highest BCUT2D eigenvalue weighted by Gasteiger charge is 2.15. The van der Waals surface area contributed by atoms with Crippen molar-refractivity contribution in [2.45, 2.75) is 33.7 Å². The van der Waals surface area contributed by atoms with E-state index in [0.717, 1.165) is 17.1 Å². The third kappa shape index (κ3) is 3.62. The van der Waals surface area contributed by atoms with Crippen molar-refractivity contribution < 1.29 is 9.53 Å². The Hall–Kier alpha value is -2.30. The van der Waals surface area contributed by atoms with Gasteiger partial charge in [-0.15, -0.1) is 0 Å². The van der Waals surface area contributed by atoms with E-state index in [2.05, 4.69) is 24.3 Å². The van der Waals surface area contributed by atoms with E-state index in [1.807, 2.05) is 48.9 Å². The lowest BCUT2D eigenvalue weighted by molar-refractivity contribution is -0.118. The predicted molar refractivity (Wildman–Crippen MR) is 82.7 cm³/mol. The van der Waals surface area contributed by atoms with Gasteiger partial charge >= 0.3 is 0 Å². The highest BCUT2D eigenvalue weighted by molar-refractivity contribution is 5.93. The number of hydrogen-bond donors (Lipinski definition) is 1. The van der Waals surface area contributed by atoms with Crippen molar-refractivity contribution >= 4 is 11.6 Å². The van der Waals surface area contributed by atoms with E-state index in [0.29, 0.717) is 5.75 Å². The molecule has 2 aromatic rings. The quantitative estimate of drug-likeness (QED) is 0.919. The molecule has 1 N–H and O–H groups in total. The van der Waals surface area contributed by atoms with Crippen LogP contribution in [-0.4, -0.2) is 22.3 Å². The summed E-state index contributed by atoms with van der Waals surface area (Å²) in [6.45, 7) is 7.94. The van der Waals surface area contributed by atoms with E-state index in [-0.39, 0.29) is 18.6 Å². The zero-order valence-electron chi connectivity index (χ0n) is 12.9. The molecule has 1 amide bonds. The molecular weight excluding hydrogens is 266 g/mol. The molecule has 0 spiro atoms. The molecule has 2 rings (SSSR count). The lowest BCUT2D eigenvalue weighted by atomic mass is 10.3. The molecule has 1 aromatic heterocycles. The molecule has 21 heavy (non-hydrogen) atoms. The Bertz CT molecular complexity index is 618. The van der Waals surface area contributed by atoms with Crippen LogP contribution in [0.25, 0.3) is 0 Å². The molecule has 112 valence electrons. The first kappa shape index (κ1) is 15.1. The Balaban J connectivity index is 2.00. The summed E-state index contributed by atoms with van der Waals surface area (Å²) < 4.78 is 7.34. The SMILES string of the molecule is Cc1nn(C(C)C)c(C)c1NC(=O)COc1ccccc1. The van der Waals surface area contributed by atoms with Gasteiger partial charge in [0.1, 0.15) is 5.75 Å². The summed E-state index contributed by atoms with van der Waals surface area (Å²) in [5, 5.41) is 7.32. The number of hydrogen-bond acceptors (Lipinski definition) is 3. The highest BCUT2D eigenvalue weighted by Crippen LogP contribution is 2.22. The summed E-state index contributed by atoms with van der Waals surface area (Å²) in [7, 11) is 0. The number of carbonyl (C=O) groups is 1. The number of ether oxygens (including phenoxy) is 1. The summed E-state index contributed by atoms with van der Waals surface area (Å²) in [6, 6.07) is 9.54. The molecule has 0 aliphatic heterocycles. The third-order valence-electron chi connectivity index (χ3n) is 3.19. The van der Waals surface area contributed by atoms with E-state index in [1.54, 1.807) is 0 Å². The molecule has 0 aliphatic rings. The van der Waals surface area contributed by atoms with Crippen molar-refractivity contribution in [2.75, 3.05) is 11.9 Å². The minimum atomic E-state index is -0.187. The molecule has 5 nitrogen and oxygen atoms in total. The minimum Gasteiger partial charge on any atom is -0.484 e. The molecule has 0 unspecified atom stereocenters. The zero-order chi connectivity index (χ0) is 15.4. The van der Waals surface area contributed by atoms with Gasteiger partial charge in [0.2, 0.25) is 0 Å². The lowest BCUT2D eigenvalue weighted by Gasteiger charge is -2.10. The highest BCUT2D eigenvalue weighted by atomic mass is 16.5. The first-order valence-corrected chi connectivity index (χ1v) is 7.02. The van der Waals surface area contributed by atoms with Crippen molar-refractivity contribution in [2.24, 2.45) is 0 Å². The van der Waals surface area contributed by atoms with Crippen molar-refractivity contribution in [3.63, 3.8) is 0 Å². The maximum Gasteiger partial charge on any atom is 0.262 e. The lowest BCUT2D eigenvalue weighted by Crippen LogP contribution is -2.21. The van der Waals surface area contributed by atoms with Crippen molar-refractivity contribution in [3.8, 4) is 5.75 Å². The third-order valence-corrected chi connectivity index (χ3v) is 3.19. The largest absolute Gasteiger partial charge is 0.484 e. The van der Waals surface area contributed by atoms with Gasteiger partial charge in [-0.25, -0.2) is 0 Å². The summed E-state index contributed by atoms with van der Waals surface area (Å²) in [6.07, 6.45) is 0. The molecule has 0 atom stereocenters. The first-order valence-electron chi connectivity index (χ1n) is 7.02. The number of benzene rings is 1. The number of aromatic nitrogens is 2. The number of para-hydroxylation sites is 1. The number of aryl methyl sites for hydroxylation is 1. The first-order chi connectivity index (χ1) is 9.99. The van der Waals surface area contributed by atoms with Crippen LogP contribution in [0.15, 0.2) is 30.3 Å². The van der Waals surface area contributed by atoms with Crippen LogP contribution in [0, 0.1) is 13.8 Å². The average Bonchev–Trinajstić information content (AvgIpc) is 2.74. The minimum absolute atomic E-state index is 0.0181. The fraction of sp³-hybridized carbons (Fsp3) is 0.375. The van der Waals surface area contributed by atoms with Crippen LogP contribution in [-0.2, 0) is 4.79 Å². The molecular formula is C16H21N3O2. The Morgan fingerprint density at radius 3 is 2.52 bits per heavy atom. The summed E-state index contributed by atoms with van der Waals surface area (Å²) in [4.78, 5) is 12.0. The maximum absolute atomic E-state index is 12.0. The van der Waals surface area contributed by atoms with Gasteiger partial charge in [-0.05, 0) is 39.8 Å². The predicted octanol–water partition coefficient (Wildman–Crippen LogP) is 3.10. The monoisotopic (exact) mass is 287 g/mol. The summed E-state index contributed by atoms with van der Waals surface area (Å²) in [5.41, 5.74) is 2.54. The molecule has 0 aliphatic carbocycles.